The van der Waals surface area contributed by atoms with Gasteiger partial charge in [0.05, 0.1) is 17.0 Å². The maximum atomic E-state index is 11.8. The largest absolute Gasteiger partial charge is 0.282 e. The van der Waals surface area contributed by atoms with Crippen molar-refractivity contribution in [2.45, 2.75) is 12.8 Å². The molecule has 0 radical (unpaired) electrons. The SMILES string of the molecule is N#Cc1cc(Br)ccc1NS(=O)(=O)CCCCCl. The molecule has 1 aromatic carbocycles. The molecule has 4 nitrogen and oxygen atoms in total. The van der Waals surface area contributed by atoms with Gasteiger partial charge in [-0.2, -0.15) is 5.26 Å². The molecule has 98 valence electrons. The van der Waals surface area contributed by atoms with Crippen LogP contribution in [0, 0.1) is 11.3 Å². The molecule has 1 N–H and O–H groups in total. The average Bonchev–Trinajstić information content (AvgIpc) is 2.31. The van der Waals surface area contributed by atoms with E-state index < -0.39 is 10.0 Å². The molecule has 0 unspecified atom stereocenters. The van der Waals surface area contributed by atoms with E-state index in [9.17, 15) is 8.42 Å². The molecule has 18 heavy (non-hydrogen) atoms. The third-order valence-corrected chi connectivity index (χ3v) is 4.28. The van der Waals surface area contributed by atoms with E-state index in [0.29, 0.717) is 24.4 Å². The number of anilines is 1. The Bertz CT molecular complexity index is 555. The van der Waals surface area contributed by atoms with E-state index in [0.717, 1.165) is 4.47 Å². The molecule has 0 fully saturated rings. The molecule has 1 aromatic rings. The highest BCUT2D eigenvalue weighted by molar-refractivity contribution is 9.10. The van der Waals surface area contributed by atoms with Crippen LogP contribution >= 0.6 is 27.5 Å². The van der Waals surface area contributed by atoms with Gasteiger partial charge in [-0.3, -0.25) is 4.72 Å². The molecule has 0 aliphatic heterocycles. The minimum absolute atomic E-state index is 0.000647. The van der Waals surface area contributed by atoms with Crippen molar-refractivity contribution in [3.63, 3.8) is 0 Å². The predicted molar refractivity (Wildman–Crippen MR) is 76.2 cm³/mol. The highest BCUT2D eigenvalue weighted by Gasteiger charge is 2.12. The van der Waals surface area contributed by atoms with Crippen molar-refractivity contribution in [3.05, 3.63) is 28.2 Å². The number of rotatable bonds is 6. The molecule has 7 heteroatoms. The van der Waals surface area contributed by atoms with Gasteiger partial charge in [0, 0.05) is 10.4 Å². The number of nitriles is 1. The van der Waals surface area contributed by atoms with E-state index in [2.05, 4.69) is 20.7 Å². The Labute approximate surface area is 120 Å². The van der Waals surface area contributed by atoms with Gasteiger partial charge in [-0.05, 0) is 31.0 Å². The van der Waals surface area contributed by atoms with Gasteiger partial charge in [-0.15, -0.1) is 11.6 Å². The normalized spacial score (nSPS) is 10.9. The summed E-state index contributed by atoms with van der Waals surface area (Å²) in [6.45, 7) is 0. The lowest BCUT2D eigenvalue weighted by atomic mass is 10.2. The van der Waals surface area contributed by atoms with Crippen LogP contribution < -0.4 is 4.72 Å². The molecule has 0 amide bonds. The number of benzene rings is 1. The Morgan fingerprint density at radius 3 is 2.72 bits per heavy atom. The predicted octanol–water partition coefficient (Wildman–Crippen LogP) is 3.08. The molecule has 0 atom stereocenters. The Kier molecular flexibility index (Phi) is 5.93. The highest BCUT2D eigenvalue weighted by Crippen LogP contribution is 2.21. The number of hydrogen-bond acceptors (Lipinski definition) is 3. The second-order valence-corrected chi connectivity index (χ2v) is 6.75. The van der Waals surface area contributed by atoms with E-state index in [1.807, 2.05) is 6.07 Å². The number of unbranched alkanes of at least 4 members (excludes halogenated alkanes) is 1. The fraction of sp³-hybridized carbons (Fsp3) is 0.364. The summed E-state index contributed by atoms with van der Waals surface area (Å²) in [7, 11) is -3.43. The quantitative estimate of drug-likeness (QED) is 0.632. The van der Waals surface area contributed by atoms with Crippen molar-refractivity contribution in [2.75, 3.05) is 16.4 Å². The van der Waals surface area contributed by atoms with Crippen LogP contribution in [-0.4, -0.2) is 20.1 Å². The number of halogens is 2. The highest BCUT2D eigenvalue weighted by atomic mass is 79.9. The summed E-state index contributed by atoms with van der Waals surface area (Å²) in [5, 5.41) is 8.93. The molecule has 0 spiro atoms. The van der Waals surface area contributed by atoms with Crippen LogP contribution in [0.3, 0.4) is 0 Å². The van der Waals surface area contributed by atoms with Gasteiger partial charge in [-0.1, -0.05) is 15.9 Å². The van der Waals surface area contributed by atoms with Crippen molar-refractivity contribution in [2.24, 2.45) is 0 Å². The first-order chi connectivity index (χ1) is 8.48. The smallest absolute Gasteiger partial charge is 0.232 e. The lowest BCUT2D eigenvalue weighted by molar-refractivity contribution is 0.598. The van der Waals surface area contributed by atoms with E-state index in [-0.39, 0.29) is 11.3 Å². The zero-order chi connectivity index (χ0) is 13.6. The van der Waals surface area contributed by atoms with Crippen LogP contribution in [0.1, 0.15) is 18.4 Å². The Balaban J connectivity index is 2.81. The molecule has 0 saturated heterocycles. The van der Waals surface area contributed by atoms with Crippen molar-refractivity contribution in [1.29, 1.82) is 5.26 Å². The fourth-order valence-corrected chi connectivity index (χ4v) is 3.05. The van der Waals surface area contributed by atoms with Gasteiger partial charge >= 0.3 is 0 Å². The Morgan fingerprint density at radius 2 is 2.11 bits per heavy atom. The third kappa shape index (κ3) is 4.84. The van der Waals surface area contributed by atoms with Crippen LogP contribution in [0.4, 0.5) is 5.69 Å². The second-order valence-electron chi connectivity index (χ2n) is 3.62. The summed E-state index contributed by atoms with van der Waals surface area (Å²) in [6, 6.07) is 6.75. The zero-order valence-electron chi connectivity index (χ0n) is 9.49. The van der Waals surface area contributed by atoms with Crippen molar-refractivity contribution < 1.29 is 8.42 Å². The van der Waals surface area contributed by atoms with Gasteiger partial charge in [0.15, 0.2) is 0 Å². The maximum absolute atomic E-state index is 11.8. The Morgan fingerprint density at radius 1 is 1.39 bits per heavy atom. The van der Waals surface area contributed by atoms with Gasteiger partial charge in [-0.25, -0.2) is 8.42 Å². The molecule has 0 saturated carbocycles. The fourth-order valence-electron chi connectivity index (χ4n) is 1.30. The molecule has 0 aliphatic carbocycles. The molecular formula is C11H12BrClN2O2S. The molecule has 0 heterocycles. The number of nitrogens with one attached hydrogen (secondary N) is 1. The monoisotopic (exact) mass is 350 g/mol. The first-order valence-electron chi connectivity index (χ1n) is 5.24. The van der Waals surface area contributed by atoms with Crippen LogP contribution in [0.25, 0.3) is 0 Å². The van der Waals surface area contributed by atoms with E-state index >= 15 is 0 Å². The molecule has 0 bridgehead atoms. The van der Waals surface area contributed by atoms with Gasteiger partial charge < -0.3 is 0 Å². The lowest BCUT2D eigenvalue weighted by Crippen LogP contribution is -2.17. The molecule has 1 rings (SSSR count). The van der Waals surface area contributed by atoms with Gasteiger partial charge in [0.1, 0.15) is 6.07 Å². The summed E-state index contributed by atoms with van der Waals surface area (Å²) in [4.78, 5) is 0. The van der Waals surface area contributed by atoms with Gasteiger partial charge in [0.25, 0.3) is 0 Å². The first-order valence-corrected chi connectivity index (χ1v) is 8.22. The molecule has 0 aromatic heterocycles. The zero-order valence-corrected chi connectivity index (χ0v) is 12.6. The summed E-state index contributed by atoms with van der Waals surface area (Å²) < 4.78 is 26.6. The van der Waals surface area contributed by atoms with Crippen LogP contribution in [0.15, 0.2) is 22.7 Å². The second kappa shape index (κ2) is 6.98. The molecular weight excluding hydrogens is 340 g/mol. The molecule has 0 aliphatic rings. The topological polar surface area (TPSA) is 70.0 Å². The van der Waals surface area contributed by atoms with E-state index in [1.165, 1.54) is 0 Å². The first kappa shape index (κ1) is 15.3. The number of hydrogen-bond donors (Lipinski definition) is 1. The summed E-state index contributed by atoms with van der Waals surface area (Å²) in [6.07, 6.45) is 1.14. The van der Waals surface area contributed by atoms with E-state index in [1.54, 1.807) is 18.2 Å². The third-order valence-electron chi connectivity index (χ3n) is 2.16. The number of sulfonamides is 1. The van der Waals surface area contributed by atoms with Crippen molar-refractivity contribution in [3.8, 4) is 6.07 Å². The van der Waals surface area contributed by atoms with E-state index in [4.69, 9.17) is 16.9 Å². The standard InChI is InChI=1S/C11H12BrClN2O2S/c12-10-3-4-11(9(7-10)8-14)15-18(16,17)6-2-1-5-13/h3-4,7,15H,1-2,5-6H2. The average molecular weight is 352 g/mol. The minimum atomic E-state index is -3.43. The van der Waals surface area contributed by atoms with Crippen LogP contribution in [0.2, 0.25) is 0 Å². The summed E-state index contributed by atoms with van der Waals surface area (Å²) in [5.74, 6) is 0.442. The van der Waals surface area contributed by atoms with Crippen LogP contribution in [0.5, 0.6) is 0 Å². The van der Waals surface area contributed by atoms with Crippen LogP contribution in [-0.2, 0) is 10.0 Å². The van der Waals surface area contributed by atoms with Crippen molar-refractivity contribution in [1.82, 2.24) is 0 Å². The Hall–Kier alpha value is -0.770. The number of alkyl halides is 1. The summed E-state index contributed by atoms with van der Waals surface area (Å²) in [5.41, 5.74) is 0.580. The van der Waals surface area contributed by atoms with Crippen molar-refractivity contribution >= 4 is 43.2 Å². The van der Waals surface area contributed by atoms with Gasteiger partial charge in [0.2, 0.25) is 10.0 Å². The number of nitrogens with zero attached hydrogens (tertiary/aromatic N) is 1. The maximum Gasteiger partial charge on any atom is 0.232 e. The minimum Gasteiger partial charge on any atom is -0.282 e. The lowest BCUT2D eigenvalue weighted by Gasteiger charge is -2.09. The summed E-state index contributed by atoms with van der Waals surface area (Å²) >= 11 is 8.72.